The van der Waals surface area contributed by atoms with Crippen LogP contribution in [-0.4, -0.2) is 45.2 Å². The third-order valence-electron chi connectivity index (χ3n) is 5.59. The van der Waals surface area contributed by atoms with Gasteiger partial charge in [0.2, 0.25) is 0 Å². The van der Waals surface area contributed by atoms with Crippen LogP contribution in [0.2, 0.25) is 0 Å². The Morgan fingerprint density at radius 2 is 1.96 bits per heavy atom. The number of carbonyl (C=O) groups is 1. The molecule has 140 valence electrons. The Morgan fingerprint density at radius 1 is 1.23 bits per heavy atom. The Bertz CT molecular complexity index is 677. The van der Waals surface area contributed by atoms with Gasteiger partial charge in [-0.2, -0.15) is 0 Å². The van der Waals surface area contributed by atoms with Crippen molar-refractivity contribution < 1.29 is 9.53 Å². The molecule has 2 aliphatic heterocycles. The van der Waals surface area contributed by atoms with Crippen LogP contribution >= 0.6 is 0 Å². The fraction of sp³-hybridized carbons (Fsp3) is 0.591. The second-order valence-corrected chi connectivity index (χ2v) is 7.25. The van der Waals surface area contributed by atoms with E-state index in [1.54, 1.807) is 0 Å². The van der Waals surface area contributed by atoms with Gasteiger partial charge in [0.25, 0.3) is 0 Å². The molecule has 0 saturated carbocycles. The van der Waals surface area contributed by atoms with E-state index in [1.165, 1.54) is 0 Å². The maximum Gasteiger partial charge on any atom is 0.150 e. The summed E-state index contributed by atoms with van der Waals surface area (Å²) in [6.45, 7) is 8.88. The summed E-state index contributed by atoms with van der Waals surface area (Å²) in [7, 11) is 0. The maximum atomic E-state index is 11.6. The zero-order valence-electron chi connectivity index (χ0n) is 16.0. The Labute approximate surface area is 157 Å². The maximum absolute atomic E-state index is 11.6. The van der Waals surface area contributed by atoms with Crippen molar-refractivity contribution in [3.8, 4) is 11.8 Å². The first-order valence-corrected chi connectivity index (χ1v) is 9.89. The van der Waals surface area contributed by atoms with Gasteiger partial charge in [-0.3, -0.25) is 4.79 Å². The lowest BCUT2D eigenvalue weighted by atomic mass is 9.97. The largest absolute Gasteiger partial charge is 0.381 e. The first kappa shape index (κ1) is 18.9. The predicted molar refractivity (Wildman–Crippen MR) is 106 cm³/mol. The SMILES string of the molecule is CCN(c1cc(C#CC2CCNCC2)cc(C=O)c1C)C1CCOCC1. The molecule has 1 aromatic carbocycles. The molecule has 1 aromatic rings. The Morgan fingerprint density at radius 3 is 2.62 bits per heavy atom. The summed E-state index contributed by atoms with van der Waals surface area (Å²) in [6.07, 6.45) is 5.25. The smallest absolute Gasteiger partial charge is 0.150 e. The van der Waals surface area contributed by atoms with E-state index in [9.17, 15) is 4.79 Å². The molecule has 3 rings (SSSR count). The fourth-order valence-corrected chi connectivity index (χ4v) is 3.99. The van der Waals surface area contributed by atoms with E-state index in [0.29, 0.717) is 12.0 Å². The van der Waals surface area contributed by atoms with Gasteiger partial charge in [0.15, 0.2) is 0 Å². The van der Waals surface area contributed by atoms with Crippen LogP contribution in [-0.2, 0) is 4.74 Å². The summed E-state index contributed by atoms with van der Waals surface area (Å²) >= 11 is 0. The third kappa shape index (κ3) is 4.47. The second kappa shape index (κ2) is 9.21. The standard InChI is InChI=1S/C22H30N2O2/c1-3-24(21-8-12-26-13-9-21)22-15-19(14-20(16-25)17(22)2)5-4-18-6-10-23-11-7-18/h14-16,18,21,23H,3,6-13H2,1-2H3. The second-order valence-electron chi connectivity index (χ2n) is 7.25. The number of rotatable bonds is 4. The van der Waals surface area contributed by atoms with Crippen molar-refractivity contribution in [3.05, 3.63) is 28.8 Å². The number of hydrogen-bond acceptors (Lipinski definition) is 4. The van der Waals surface area contributed by atoms with Crippen LogP contribution in [0.25, 0.3) is 0 Å². The minimum absolute atomic E-state index is 0.457. The highest BCUT2D eigenvalue weighted by molar-refractivity contribution is 5.82. The highest BCUT2D eigenvalue weighted by Crippen LogP contribution is 2.29. The average molecular weight is 354 g/mol. The number of anilines is 1. The molecule has 0 aliphatic carbocycles. The van der Waals surface area contributed by atoms with Gasteiger partial charge < -0.3 is 15.0 Å². The van der Waals surface area contributed by atoms with Crippen LogP contribution in [0.3, 0.4) is 0 Å². The van der Waals surface area contributed by atoms with Gasteiger partial charge in [-0.1, -0.05) is 11.8 Å². The van der Waals surface area contributed by atoms with Gasteiger partial charge >= 0.3 is 0 Å². The van der Waals surface area contributed by atoms with Crippen molar-refractivity contribution in [3.63, 3.8) is 0 Å². The van der Waals surface area contributed by atoms with E-state index in [1.807, 2.05) is 13.0 Å². The summed E-state index contributed by atoms with van der Waals surface area (Å²) in [5, 5.41) is 3.38. The molecule has 2 fully saturated rings. The number of carbonyl (C=O) groups excluding carboxylic acids is 1. The Hall–Kier alpha value is -1.83. The first-order valence-electron chi connectivity index (χ1n) is 9.89. The van der Waals surface area contributed by atoms with E-state index in [2.05, 4.69) is 35.0 Å². The molecule has 2 saturated heterocycles. The van der Waals surface area contributed by atoms with Crippen molar-refractivity contribution in [1.29, 1.82) is 0 Å². The molecule has 0 radical (unpaired) electrons. The quantitative estimate of drug-likeness (QED) is 0.666. The van der Waals surface area contributed by atoms with Crippen LogP contribution in [0.15, 0.2) is 12.1 Å². The van der Waals surface area contributed by atoms with Crippen molar-refractivity contribution in [2.45, 2.75) is 45.6 Å². The van der Waals surface area contributed by atoms with Gasteiger partial charge in [0.1, 0.15) is 6.29 Å². The van der Waals surface area contributed by atoms with Crippen molar-refractivity contribution in [1.82, 2.24) is 5.32 Å². The van der Waals surface area contributed by atoms with Gasteiger partial charge in [-0.15, -0.1) is 0 Å². The molecule has 2 aliphatic rings. The first-order chi connectivity index (χ1) is 12.7. The molecule has 4 heteroatoms. The van der Waals surface area contributed by atoms with Crippen LogP contribution in [0, 0.1) is 24.7 Å². The van der Waals surface area contributed by atoms with Crippen molar-refractivity contribution in [2.75, 3.05) is 37.7 Å². The number of nitrogens with zero attached hydrogens (tertiary/aromatic N) is 1. The highest BCUT2D eigenvalue weighted by Gasteiger charge is 2.23. The molecule has 0 atom stereocenters. The molecule has 1 N–H and O–H groups in total. The lowest BCUT2D eigenvalue weighted by molar-refractivity contribution is 0.0846. The molecular weight excluding hydrogens is 324 g/mol. The van der Waals surface area contributed by atoms with E-state index >= 15 is 0 Å². The number of aldehydes is 1. The summed E-state index contributed by atoms with van der Waals surface area (Å²) in [4.78, 5) is 14.1. The molecule has 0 amide bonds. The number of ether oxygens (including phenoxy) is 1. The third-order valence-corrected chi connectivity index (χ3v) is 5.59. The van der Waals surface area contributed by atoms with Gasteiger partial charge in [0, 0.05) is 48.5 Å². The van der Waals surface area contributed by atoms with E-state index in [4.69, 9.17) is 4.74 Å². The molecule has 4 nitrogen and oxygen atoms in total. The topological polar surface area (TPSA) is 41.6 Å². The van der Waals surface area contributed by atoms with E-state index < -0.39 is 0 Å². The minimum Gasteiger partial charge on any atom is -0.381 e. The average Bonchev–Trinajstić information content (AvgIpc) is 2.70. The van der Waals surface area contributed by atoms with Crippen LogP contribution in [0.4, 0.5) is 5.69 Å². The zero-order valence-corrected chi connectivity index (χ0v) is 16.0. The highest BCUT2D eigenvalue weighted by atomic mass is 16.5. The molecule has 2 heterocycles. The summed E-state index contributed by atoms with van der Waals surface area (Å²) in [5.74, 6) is 7.24. The predicted octanol–water partition coefficient (Wildman–Crippen LogP) is 3.16. The van der Waals surface area contributed by atoms with Gasteiger partial charge in [-0.25, -0.2) is 0 Å². The van der Waals surface area contributed by atoms with Crippen molar-refractivity contribution >= 4 is 12.0 Å². The number of hydrogen-bond donors (Lipinski definition) is 1. The molecule has 26 heavy (non-hydrogen) atoms. The molecular formula is C22H30N2O2. The molecule has 0 spiro atoms. The summed E-state index contributed by atoms with van der Waals surface area (Å²) in [6, 6.07) is 4.59. The van der Waals surface area contributed by atoms with E-state index in [-0.39, 0.29) is 0 Å². The Balaban J connectivity index is 1.90. The number of nitrogens with one attached hydrogen (secondary N) is 1. The normalized spacial score (nSPS) is 18.8. The van der Waals surface area contributed by atoms with Crippen LogP contribution < -0.4 is 10.2 Å². The molecule has 0 bridgehead atoms. The lowest BCUT2D eigenvalue weighted by Crippen LogP contribution is -2.40. The lowest BCUT2D eigenvalue weighted by Gasteiger charge is -2.36. The fourth-order valence-electron chi connectivity index (χ4n) is 3.99. The molecule has 0 unspecified atom stereocenters. The van der Waals surface area contributed by atoms with E-state index in [0.717, 1.165) is 87.2 Å². The van der Waals surface area contributed by atoms with Crippen LogP contribution in [0.1, 0.15) is 54.1 Å². The molecule has 0 aromatic heterocycles. The van der Waals surface area contributed by atoms with Gasteiger partial charge in [-0.05, 0) is 70.3 Å². The van der Waals surface area contributed by atoms with Crippen LogP contribution in [0.5, 0.6) is 0 Å². The van der Waals surface area contributed by atoms with Gasteiger partial charge in [0.05, 0.1) is 0 Å². The van der Waals surface area contributed by atoms with Crippen molar-refractivity contribution in [2.24, 2.45) is 5.92 Å². The zero-order chi connectivity index (χ0) is 18.4. The monoisotopic (exact) mass is 354 g/mol. The number of benzene rings is 1. The summed E-state index contributed by atoms with van der Waals surface area (Å²) < 4.78 is 5.52. The summed E-state index contributed by atoms with van der Waals surface area (Å²) in [5.41, 5.74) is 3.92. The minimum atomic E-state index is 0.457. The number of piperidine rings is 1. The Kier molecular flexibility index (Phi) is 6.71.